The number of nitrogens with zero attached hydrogens (tertiary/aromatic N) is 2. The fraction of sp³-hybridized carbons (Fsp3) is 0.125. The molecule has 0 saturated heterocycles. The highest BCUT2D eigenvalue weighted by atomic mass is 79.9. The molecule has 0 saturated carbocycles. The van der Waals surface area contributed by atoms with E-state index in [0.717, 1.165) is 10.5 Å². The summed E-state index contributed by atoms with van der Waals surface area (Å²) in [6, 6.07) is 9.39. The number of rotatable bonds is 7. The van der Waals surface area contributed by atoms with Gasteiger partial charge in [-0.2, -0.15) is 5.10 Å². The number of hydrogen-bond acceptors (Lipinski definition) is 7. The minimum atomic E-state index is -0.750. The summed E-state index contributed by atoms with van der Waals surface area (Å²) in [7, 11) is 1.26. The first-order chi connectivity index (χ1) is 12.4. The van der Waals surface area contributed by atoms with E-state index in [-0.39, 0.29) is 17.9 Å². The second-order valence-corrected chi connectivity index (χ2v) is 5.80. The van der Waals surface area contributed by atoms with Crippen LogP contribution in [0.2, 0.25) is 0 Å². The first-order valence-corrected chi connectivity index (χ1v) is 7.95. The van der Waals surface area contributed by atoms with E-state index in [1.165, 1.54) is 19.4 Å². The van der Waals surface area contributed by atoms with Gasteiger partial charge in [-0.25, -0.2) is 5.43 Å². The molecule has 0 atom stereocenters. The van der Waals surface area contributed by atoms with Crippen molar-refractivity contribution in [2.45, 2.75) is 0 Å². The number of nitro benzene ring substituents is 1. The molecule has 0 radical (unpaired) electrons. The number of halogens is 1. The molecule has 9 nitrogen and oxygen atoms in total. The van der Waals surface area contributed by atoms with Gasteiger partial charge in [-0.1, -0.05) is 15.9 Å². The topological polar surface area (TPSA) is 123 Å². The van der Waals surface area contributed by atoms with Gasteiger partial charge in [0, 0.05) is 16.1 Å². The van der Waals surface area contributed by atoms with Crippen LogP contribution in [0.4, 0.5) is 5.69 Å². The van der Waals surface area contributed by atoms with Crippen molar-refractivity contribution >= 4 is 33.7 Å². The number of aromatic hydroxyl groups is 1. The fourth-order valence-electron chi connectivity index (χ4n) is 1.87. The van der Waals surface area contributed by atoms with E-state index < -0.39 is 22.3 Å². The van der Waals surface area contributed by atoms with E-state index in [1.807, 2.05) is 0 Å². The Morgan fingerprint density at radius 1 is 1.38 bits per heavy atom. The predicted octanol–water partition coefficient (Wildman–Crippen LogP) is 2.60. The number of benzene rings is 2. The van der Waals surface area contributed by atoms with Crippen LogP contribution in [0.5, 0.6) is 17.2 Å². The quantitative estimate of drug-likeness (QED) is 0.400. The number of ether oxygens (including phenoxy) is 2. The molecule has 0 aliphatic carbocycles. The molecule has 2 aromatic rings. The Morgan fingerprint density at radius 2 is 2.08 bits per heavy atom. The summed E-state index contributed by atoms with van der Waals surface area (Å²) in [4.78, 5) is 21.9. The van der Waals surface area contributed by atoms with Gasteiger partial charge in [-0.05, 0) is 30.3 Å². The number of hydrazone groups is 1. The third-order valence-electron chi connectivity index (χ3n) is 3.08. The molecule has 26 heavy (non-hydrogen) atoms. The first-order valence-electron chi connectivity index (χ1n) is 7.16. The maximum absolute atomic E-state index is 11.7. The Balaban J connectivity index is 1.96. The number of hydrogen-bond donors (Lipinski definition) is 2. The lowest BCUT2D eigenvalue weighted by atomic mass is 10.2. The molecule has 0 aromatic heterocycles. The van der Waals surface area contributed by atoms with Crippen LogP contribution in [-0.4, -0.2) is 35.9 Å². The number of phenols is 1. The number of nitro groups is 1. The maximum atomic E-state index is 11.7. The summed E-state index contributed by atoms with van der Waals surface area (Å²) in [6.45, 7) is -0.252. The Labute approximate surface area is 156 Å². The number of methoxy groups -OCH3 is 1. The van der Waals surface area contributed by atoms with Crippen LogP contribution in [0.3, 0.4) is 0 Å². The molecule has 0 fully saturated rings. The van der Waals surface area contributed by atoms with E-state index in [2.05, 4.69) is 26.5 Å². The van der Waals surface area contributed by atoms with Gasteiger partial charge in [-0.3, -0.25) is 14.9 Å². The number of amides is 1. The third kappa shape index (κ3) is 5.18. The van der Waals surface area contributed by atoms with E-state index in [1.54, 1.807) is 24.3 Å². The van der Waals surface area contributed by atoms with Crippen molar-refractivity contribution in [2.24, 2.45) is 5.10 Å². The summed E-state index contributed by atoms with van der Waals surface area (Å²) in [5, 5.41) is 24.3. The van der Waals surface area contributed by atoms with Crippen molar-refractivity contribution < 1.29 is 24.3 Å². The summed E-state index contributed by atoms with van der Waals surface area (Å²) in [5.74, 6) is -0.650. The third-order valence-corrected chi connectivity index (χ3v) is 3.61. The highest BCUT2D eigenvalue weighted by Gasteiger charge is 2.19. The van der Waals surface area contributed by atoms with Crippen LogP contribution in [0.1, 0.15) is 5.56 Å². The molecule has 0 unspecified atom stereocenters. The number of nitrogens with one attached hydrogen (secondary N) is 1. The molecule has 0 bridgehead atoms. The molecular weight excluding hydrogens is 410 g/mol. The van der Waals surface area contributed by atoms with Crippen LogP contribution in [-0.2, 0) is 4.79 Å². The molecule has 2 aromatic carbocycles. The Hall–Kier alpha value is -3.14. The Morgan fingerprint density at radius 3 is 2.69 bits per heavy atom. The van der Waals surface area contributed by atoms with Crippen molar-refractivity contribution in [1.82, 2.24) is 5.43 Å². The normalized spacial score (nSPS) is 10.5. The van der Waals surface area contributed by atoms with Crippen molar-refractivity contribution in [3.8, 4) is 17.2 Å². The predicted molar refractivity (Wildman–Crippen MR) is 96.7 cm³/mol. The standard InChI is InChI=1S/C16H14BrN3O6/c1-25-14-7-10(6-13(16(14)22)20(23)24)8-18-19-15(21)9-26-12-4-2-11(17)3-5-12/h2-8,22H,9H2,1H3,(H,19,21)/b18-8-. The molecule has 1 amide bonds. The average Bonchev–Trinajstić information content (AvgIpc) is 2.62. The van der Waals surface area contributed by atoms with E-state index >= 15 is 0 Å². The lowest BCUT2D eigenvalue weighted by Gasteiger charge is -2.06. The van der Waals surface area contributed by atoms with Gasteiger partial charge < -0.3 is 14.6 Å². The van der Waals surface area contributed by atoms with Gasteiger partial charge in [0.1, 0.15) is 5.75 Å². The minimum absolute atomic E-state index is 0.0782. The monoisotopic (exact) mass is 423 g/mol. The summed E-state index contributed by atoms with van der Waals surface area (Å²) in [6.07, 6.45) is 1.19. The minimum Gasteiger partial charge on any atom is -0.500 e. The summed E-state index contributed by atoms with van der Waals surface area (Å²) in [5.41, 5.74) is 1.97. The first kappa shape index (κ1) is 19.2. The highest BCUT2D eigenvalue weighted by molar-refractivity contribution is 9.10. The fourth-order valence-corrected chi connectivity index (χ4v) is 2.14. The smallest absolute Gasteiger partial charge is 0.315 e. The van der Waals surface area contributed by atoms with Crippen LogP contribution >= 0.6 is 15.9 Å². The zero-order chi connectivity index (χ0) is 19.1. The van der Waals surface area contributed by atoms with Gasteiger partial charge in [0.15, 0.2) is 12.4 Å². The molecule has 0 aliphatic rings. The number of carbonyl (C=O) groups excluding carboxylic acids is 1. The average molecular weight is 424 g/mol. The molecule has 10 heteroatoms. The zero-order valence-electron chi connectivity index (χ0n) is 13.5. The van der Waals surface area contributed by atoms with Crippen LogP contribution in [0.15, 0.2) is 46.0 Å². The number of carbonyl (C=O) groups is 1. The lowest BCUT2D eigenvalue weighted by Crippen LogP contribution is -2.24. The van der Waals surface area contributed by atoms with Gasteiger partial charge in [0.05, 0.1) is 18.2 Å². The lowest BCUT2D eigenvalue weighted by molar-refractivity contribution is -0.386. The molecule has 0 heterocycles. The van der Waals surface area contributed by atoms with Crippen molar-refractivity contribution in [2.75, 3.05) is 13.7 Å². The van der Waals surface area contributed by atoms with Gasteiger partial charge in [-0.15, -0.1) is 0 Å². The second-order valence-electron chi connectivity index (χ2n) is 4.88. The molecule has 136 valence electrons. The van der Waals surface area contributed by atoms with Crippen molar-refractivity contribution in [3.05, 3.63) is 56.5 Å². The largest absolute Gasteiger partial charge is 0.500 e. The maximum Gasteiger partial charge on any atom is 0.315 e. The molecule has 0 spiro atoms. The van der Waals surface area contributed by atoms with E-state index in [4.69, 9.17) is 9.47 Å². The van der Waals surface area contributed by atoms with Crippen LogP contribution in [0.25, 0.3) is 0 Å². The molecule has 2 N–H and O–H groups in total. The van der Waals surface area contributed by atoms with Crippen LogP contribution in [0, 0.1) is 10.1 Å². The second kappa shape index (κ2) is 8.81. The SMILES string of the molecule is COc1cc(/C=N\NC(=O)COc2ccc(Br)cc2)cc([N+](=O)[O-])c1O. The van der Waals surface area contributed by atoms with E-state index in [9.17, 15) is 20.0 Å². The van der Waals surface area contributed by atoms with Crippen molar-refractivity contribution in [1.29, 1.82) is 0 Å². The van der Waals surface area contributed by atoms with Crippen molar-refractivity contribution in [3.63, 3.8) is 0 Å². The summed E-state index contributed by atoms with van der Waals surface area (Å²) >= 11 is 3.29. The molecule has 0 aliphatic heterocycles. The Kier molecular flexibility index (Phi) is 6.50. The van der Waals surface area contributed by atoms with Gasteiger partial charge in [0.25, 0.3) is 5.91 Å². The summed E-state index contributed by atoms with van der Waals surface area (Å²) < 4.78 is 11.0. The Bertz CT molecular complexity index is 839. The molecule has 2 rings (SSSR count). The highest BCUT2D eigenvalue weighted by Crippen LogP contribution is 2.36. The zero-order valence-corrected chi connectivity index (χ0v) is 15.1. The van der Waals surface area contributed by atoms with Gasteiger partial charge >= 0.3 is 5.69 Å². The van der Waals surface area contributed by atoms with Crippen LogP contribution < -0.4 is 14.9 Å². The number of phenolic OH excluding ortho intramolecular Hbond substituents is 1. The molecular formula is C16H14BrN3O6. The van der Waals surface area contributed by atoms with Gasteiger partial charge in [0.2, 0.25) is 5.75 Å². The van der Waals surface area contributed by atoms with E-state index in [0.29, 0.717) is 5.75 Å².